The lowest BCUT2D eigenvalue weighted by Gasteiger charge is -2.09. The number of anilines is 1. The zero-order valence-electron chi connectivity index (χ0n) is 14.6. The number of hydrogen-bond acceptors (Lipinski definition) is 3. The Morgan fingerprint density at radius 1 is 1.38 bits per heavy atom. The number of amides is 2. The van der Waals surface area contributed by atoms with E-state index in [1.807, 2.05) is 31.2 Å². The maximum atomic E-state index is 12.4. The van der Waals surface area contributed by atoms with Gasteiger partial charge >= 0.3 is 0 Å². The van der Waals surface area contributed by atoms with Crippen molar-refractivity contribution < 1.29 is 14.3 Å². The number of ether oxygens (including phenoxy) is 1. The lowest BCUT2D eigenvalue weighted by Crippen LogP contribution is -2.31. The first-order valence-corrected chi connectivity index (χ1v) is 8.83. The molecular formula is C20H21N3O3. The molecule has 2 amide bonds. The number of fused-ring (bicyclic) bond motifs is 1. The second-order valence-electron chi connectivity index (χ2n) is 6.68. The fourth-order valence-electron chi connectivity index (χ4n) is 3.38. The summed E-state index contributed by atoms with van der Waals surface area (Å²) in [7, 11) is 0. The first-order valence-electron chi connectivity index (χ1n) is 8.83. The average molecular weight is 351 g/mol. The van der Waals surface area contributed by atoms with Gasteiger partial charge in [0.1, 0.15) is 5.69 Å². The molecule has 1 aromatic carbocycles. The monoisotopic (exact) mass is 351 g/mol. The van der Waals surface area contributed by atoms with E-state index in [1.165, 1.54) is 0 Å². The number of aryl methyl sites for hydroxylation is 1. The van der Waals surface area contributed by atoms with Gasteiger partial charge in [-0.25, -0.2) is 0 Å². The zero-order valence-corrected chi connectivity index (χ0v) is 14.6. The van der Waals surface area contributed by atoms with Gasteiger partial charge in [-0.05, 0) is 43.5 Å². The average Bonchev–Trinajstić information content (AvgIpc) is 3.34. The van der Waals surface area contributed by atoms with Crippen molar-refractivity contribution >= 4 is 29.2 Å². The fourth-order valence-corrected chi connectivity index (χ4v) is 3.38. The van der Waals surface area contributed by atoms with Crippen molar-refractivity contribution in [2.75, 3.05) is 18.5 Å². The van der Waals surface area contributed by atoms with E-state index in [-0.39, 0.29) is 17.9 Å². The van der Waals surface area contributed by atoms with Crippen molar-refractivity contribution in [2.24, 2.45) is 0 Å². The van der Waals surface area contributed by atoms with Crippen LogP contribution in [0.25, 0.3) is 11.6 Å². The summed E-state index contributed by atoms with van der Waals surface area (Å²) < 4.78 is 5.52. The molecule has 3 N–H and O–H groups in total. The Morgan fingerprint density at radius 2 is 2.23 bits per heavy atom. The summed E-state index contributed by atoms with van der Waals surface area (Å²) >= 11 is 0. The Morgan fingerprint density at radius 3 is 3.04 bits per heavy atom. The first kappa shape index (κ1) is 16.6. The number of H-pyrrole nitrogens is 1. The zero-order chi connectivity index (χ0) is 18.1. The van der Waals surface area contributed by atoms with Gasteiger partial charge < -0.3 is 20.4 Å². The topological polar surface area (TPSA) is 83.2 Å². The van der Waals surface area contributed by atoms with Crippen LogP contribution in [0.15, 0.2) is 30.3 Å². The van der Waals surface area contributed by atoms with Crippen molar-refractivity contribution in [3.63, 3.8) is 0 Å². The molecule has 2 aromatic rings. The van der Waals surface area contributed by atoms with Gasteiger partial charge in [-0.3, -0.25) is 9.59 Å². The molecule has 0 spiro atoms. The lowest BCUT2D eigenvalue weighted by atomic mass is 10.1. The third-order valence-corrected chi connectivity index (χ3v) is 4.81. The first-order chi connectivity index (χ1) is 12.6. The normalized spacial score (nSPS) is 20.3. The van der Waals surface area contributed by atoms with Gasteiger partial charge in [0.25, 0.3) is 11.8 Å². The third kappa shape index (κ3) is 3.15. The van der Waals surface area contributed by atoms with Gasteiger partial charge in [0.15, 0.2) is 0 Å². The highest BCUT2D eigenvalue weighted by Crippen LogP contribution is 2.33. The Kier molecular flexibility index (Phi) is 4.34. The molecule has 0 aliphatic carbocycles. The van der Waals surface area contributed by atoms with E-state index in [4.69, 9.17) is 4.74 Å². The largest absolute Gasteiger partial charge is 0.376 e. The minimum absolute atomic E-state index is 0.107. The Hall–Kier alpha value is -2.86. The Balaban J connectivity index is 1.53. The van der Waals surface area contributed by atoms with Crippen LogP contribution in [0.1, 0.15) is 40.2 Å². The van der Waals surface area contributed by atoms with Gasteiger partial charge in [0.2, 0.25) is 0 Å². The van der Waals surface area contributed by atoms with Gasteiger partial charge in [-0.1, -0.05) is 18.2 Å². The van der Waals surface area contributed by atoms with Crippen molar-refractivity contribution in [1.82, 2.24) is 10.3 Å². The summed E-state index contributed by atoms with van der Waals surface area (Å²) in [5.74, 6) is -0.297. The number of hydrogen-bond donors (Lipinski definition) is 3. The second-order valence-corrected chi connectivity index (χ2v) is 6.68. The van der Waals surface area contributed by atoms with Crippen LogP contribution in [0.4, 0.5) is 5.69 Å². The van der Waals surface area contributed by atoms with Crippen LogP contribution in [-0.2, 0) is 9.53 Å². The van der Waals surface area contributed by atoms with Gasteiger partial charge in [0, 0.05) is 30.1 Å². The molecule has 2 aliphatic heterocycles. The predicted octanol–water partition coefficient (Wildman–Crippen LogP) is 2.72. The Bertz CT molecular complexity index is 891. The molecule has 4 rings (SSSR count). The van der Waals surface area contributed by atoms with Gasteiger partial charge in [-0.2, -0.15) is 0 Å². The highest BCUT2D eigenvalue weighted by Gasteiger charge is 2.24. The van der Waals surface area contributed by atoms with E-state index in [1.54, 1.807) is 12.1 Å². The lowest BCUT2D eigenvalue weighted by molar-refractivity contribution is -0.110. The van der Waals surface area contributed by atoms with Crippen LogP contribution in [0, 0.1) is 6.92 Å². The smallest absolute Gasteiger partial charge is 0.267 e. The number of aromatic amines is 1. The molecule has 134 valence electrons. The number of aromatic nitrogens is 1. The fraction of sp³-hybridized carbons (Fsp3) is 0.300. The molecule has 0 bridgehead atoms. The molecule has 0 saturated carbocycles. The molecule has 1 atom stereocenters. The van der Waals surface area contributed by atoms with Gasteiger partial charge in [-0.15, -0.1) is 0 Å². The third-order valence-electron chi connectivity index (χ3n) is 4.81. The number of rotatable bonds is 4. The maximum Gasteiger partial charge on any atom is 0.267 e. The number of carbonyl (C=O) groups is 2. The number of para-hydroxylation sites is 1. The number of nitrogens with one attached hydrogen (secondary N) is 3. The summed E-state index contributed by atoms with van der Waals surface area (Å²) in [5.41, 5.74) is 4.43. The van der Waals surface area contributed by atoms with Crippen molar-refractivity contribution in [3.8, 4) is 0 Å². The minimum atomic E-state index is -0.162. The molecule has 6 nitrogen and oxygen atoms in total. The van der Waals surface area contributed by atoms with E-state index < -0.39 is 0 Å². The van der Waals surface area contributed by atoms with E-state index in [9.17, 15) is 9.59 Å². The van der Waals surface area contributed by atoms with Crippen LogP contribution in [0.5, 0.6) is 0 Å². The van der Waals surface area contributed by atoms with Crippen LogP contribution in [-0.4, -0.2) is 36.1 Å². The Labute approximate surface area is 151 Å². The van der Waals surface area contributed by atoms with E-state index in [0.717, 1.165) is 42.0 Å². The van der Waals surface area contributed by atoms with Crippen LogP contribution in [0.2, 0.25) is 0 Å². The van der Waals surface area contributed by atoms with Crippen LogP contribution >= 0.6 is 0 Å². The summed E-state index contributed by atoms with van der Waals surface area (Å²) in [6, 6.07) is 9.37. The summed E-state index contributed by atoms with van der Waals surface area (Å²) in [4.78, 5) is 27.7. The molecule has 2 aliphatic rings. The van der Waals surface area contributed by atoms with E-state index in [0.29, 0.717) is 17.8 Å². The SMILES string of the molecule is Cc1cc(C(=O)NCC2CCCO2)[nH]c1/C=C1/C(=O)Nc2ccccc21. The maximum absolute atomic E-state index is 12.4. The van der Waals surface area contributed by atoms with E-state index in [2.05, 4.69) is 15.6 Å². The molecule has 1 fully saturated rings. The van der Waals surface area contributed by atoms with Gasteiger partial charge in [0.05, 0.1) is 11.7 Å². The highest BCUT2D eigenvalue weighted by molar-refractivity contribution is 6.34. The summed E-state index contributed by atoms with van der Waals surface area (Å²) in [5, 5.41) is 5.76. The van der Waals surface area contributed by atoms with E-state index >= 15 is 0 Å². The highest BCUT2D eigenvalue weighted by atomic mass is 16.5. The van der Waals surface area contributed by atoms with Crippen LogP contribution in [0.3, 0.4) is 0 Å². The van der Waals surface area contributed by atoms with Crippen LogP contribution < -0.4 is 10.6 Å². The molecule has 6 heteroatoms. The quantitative estimate of drug-likeness (QED) is 0.741. The molecule has 1 aromatic heterocycles. The second kappa shape index (κ2) is 6.80. The minimum Gasteiger partial charge on any atom is -0.376 e. The summed E-state index contributed by atoms with van der Waals surface area (Å²) in [6.07, 6.45) is 3.93. The summed E-state index contributed by atoms with van der Waals surface area (Å²) in [6.45, 7) is 3.20. The molecule has 3 heterocycles. The number of benzene rings is 1. The molecule has 26 heavy (non-hydrogen) atoms. The standard InChI is InChI=1S/C20H21N3O3/c1-12-9-18(20(25)21-11-13-5-4-8-26-13)22-17(12)10-15-14-6-2-3-7-16(14)23-19(15)24/h2-3,6-7,9-10,13,22H,4-5,8,11H2,1H3,(H,21,25)(H,23,24)/b15-10+. The van der Waals surface area contributed by atoms with Crippen molar-refractivity contribution in [1.29, 1.82) is 0 Å². The molecular weight excluding hydrogens is 330 g/mol. The number of carbonyl (C=O) groups excluding carboxylic acids is 2. The van der Waals surface area contributed by atoms with Crippen molar-refractivity contribution in [3.05, 3.63) is 52.8 Å². The molecule has 0 radical (unpaired) electrons. The molecule has 1 unspecified atom stereocenters. The predicted molar refractivity (Wildman–Crippen MR) is 99.8 cm³/mol. The van der Waals surface area contributed by atoms with Crippen molar-refractivity contribution in [2.45, 2.75) is 25.9 Å². The molecule has 1 saturated heterocycles.